The maximum atomic E-state index is 13.7. The third-order valence-electron chi connectivity index (χ3n) is 6.21. The fraction of sp³-hybridized carbons (Fsp3) is 0.250. The van der Waals surface area contributed by atoms with Gasteiger partial charge in [-0.3, -0.25) is 0 Å². The summed E-state index contributed by atoms with van der Waals surface area (Å²) in [7, 11) is -1.78. The first kappa shape index (κ1) is 25.6. The van der Waals surface area contributed by atoms with Crippen LogP contribution in [-0.4, -0.2) is 27.8 Å². The number of hydrogen-bond acceptors (Lipinski definition) is 2. The van der Waals surface area contributed by atoms with Gasteiger partial charge in [-0.15, -0.1) is 11.0 Å². The Morgan fingerprint density at radius 2 is 1.58 bits per heavy atom. The Bertz CT molecular complexity index is 1320. The lowest BCUT2D eigenvalue weighted by Gasteiger charge is -2.21. The van der Waals surface area contributed by atoms with Crippen LogP contribution in [0.1, 0.15) is 33.7 Å². The summed E-state index contributed by atoms with van der Waals surface area (Å²) in [5.41, 5.74) is 7.68. The van der Waals surface area contributed by atoms with Crippen LogP contribution >= 0.6 is 0 Å². The molecule has 0 bridgehead atoms. The van der Waals surface area contributed by atoms with E-state index in [-0.39, 0.29) is 24.6 Å². The minimum Gasteiger partial charge on any atom is -0.449 e. The molecule has 0 saturated carbocycles. The van der Waals surface area contributed by atoms with Gasteiger partial charge in [0.25, 0.3) is 0 Å². The molecule has 1 N–H and O–H groups in total. The van der Waals surface area contributed by atoms with Gasteiger partial charge in [0.2, 0.25) is 0 Å². The molecular weight excluding hydrogens is 478 g/mol. The lowest BCUT2D eigenvalue weighted by molar-refractivity contribution is 0.142. The summed E-state index contributed by atoms with van der Waals surface area (Å²) in [6.45, 7) is 2.38. The SMILES string of the molecule is Cc1c(C#C[Si](C)(C)C)cc(CNC(=O)OCC2c3ccccc3-c3ccccc32)cc1[B-](F)(F)F. The molecule has 0 aromatic heterocycles. The van der Waals surface area contributed by atoms with Crippen LogP contribution < -0.4 is 10.8 Å². The number of carbonyl (C=O) groups excluding carboxylic acids is 1. The predicted molar refractivity (Wildman–Crippen MR) is 142 cm³/mol. The van der Waals surface area contributed by atoms with Crippen molar-refractivity contribution in [3.05, 3.63) is 88.5 Å². The number of rotatable bonds is 5. The summed E-state index contributed by atoms with van der Waals surface area (Å²) in [5, 5.41) is 2.61. The first-order valence-corrected chi connectivity index (χ1v) is 15.4. The average molecular weight is 506 g/mol. The third kappa shape index (κ3) is 5.68. The number of hydrogen-bond donors (Lipinski definition) is 1. The van der Waals surface area contributed by atoms with Crippen LogP contribution in [0.3, 0.4) is 0 Å². The van der Waals surface area contributed by atoms with E-state index in [0.717, 1.165) is 28.3 Å². The summed E-state index contributed by atoms with van der Waals surface area (Å²) in [6, 6.07) is 18.7. The second kappa shape index (κ2) is 9.90. The van der Waals surface area contributed by atoms with Gasteiger partial charge in [0.05, 0.1) is 0 Å². The fourth-order valence-electron chi connectivity index (χ4n) is 4.45. The smallest absolute Gasteiger partial charge is 0.449 e. The molecular formula is C28H28BF3NO2Si-. The summed E-state index contributed by atoms with van der Waals surface area (Å²) in [5.74, 6) is 2.86. The van der Waals surface area contributed by atoms with E-state index >= 15 is 0 Å². The molecule has 186 valence electrons. The molecule has 3 nitrogen and oxygen atoms in total. The van der Waals surface area contributed by atoms with E-state index in [0.29, 0.717) is 11.1 Å². The predicted octanol–water partition coefficient (Wildman–Crippen LogP) is 6.32. The number of amides is 1. The van der Waals surface area contributed by atoms with Gasteiger partial charge in [-0.2, -0.15) is 0 Å². The van der Waals surface area contributed by atoms with Gasteiger partial charge in [0, 0.05) is 18.0 Å². The topological polar surface area (TPSA) is 38.3 Å². The number of benzene rings is 3. The lowest BCUT2D eigenvalue weighted by atomic mass is 9.75. The van der Waals surface area contributed by atoms with E-state index in [1.165, 1.54) is 6.92 Å². The molecule has 1 amide bonds. The monoisotopic (exact) mass is 506 g/mol. The minimum absolute atomic E-state index is 0.0856. The van der Waals surface area contributed by atoms with Crippen molar-refractivity contribution in [2.24, 2.45) is 0 Å². The molecule has 3 aromatic rings. The van der Waals surface area contributed by atoms with Crippen molar-refractivity contribution in [2.75, 3.05) is 6.61 Å². The van der Waals surface area contributed by atoms with Gasteiger partial charge in [-0.1, -0.05) is 85.7 Å². The molecule has 0 unspecified atom stereocenters. The standard InChI is InChI=1S/C28H28BF3NO2Si/c1-19-21(13-14-36(2,3)4)15-20(16-27(19)29(30,31)32)17-33-28(34)35-18-26-24-11-7-5-9-22(24)23-10-6-8-12-25(23)26/h5-12,15-16,26H,17-18H2,1-4H3,(H,33,34)/q-1. The zero-order valence-corrected chi connectivity index (χ0v) is 21.8. The number of ether oxygens (including phenoxy) is 1. The Morgan fingerprint density at radius 1 is 1.00 bits per heavy atom. The third-order valence-corrected chi connectivity index (χ3v) is 7.09. The van der Waals surface area contributed by atoms with Gasteiger partial charge in [0.1, 0.15) is 14.7 Å². The van der Waals surface area contributed by atoms with Gasteiger partial charge in [-0.25, -0.2) is 4.79 Å². The molecule has 36 heavy (non-hydrogen) atoms. The van der Waals surface area contributed by atoms with Crippen molar-refractivity contribution < 1.29 is 22.5 Å². The van der Waals surface area contributed by atoms with Crippen LogP contribution in [0.25, 0.3) is 11.1 Å². The van der Waals surface area contributed by atoms with E-state index in [1.54, 1.807) is 6.07 Å². The Morgan fingerprint density at radius 3 is 2.14 bits per heavy atom. The van der Waals surface area contributed by atoms with E-state index in [4.69, 9.17) is 4.74 Å². The fourth-order valence-corrected chi connectivity index (χ4v) is 4.96. The lowest BCUT2D eigenvalue weighted by Crippen LogP contribution is -2.37. The summed E-state index contributed by atoms with van der Waals surface area (Å²) in [6.07, 6.45) is -0.675. The largest absolute Gasteiger partial charge is 0.509 e. The molecule has 1 aliphatic rings. The maximum absolute atomic E-state index is 13.7. The Balaban J connectivity index is 1.48. The molecule has 1 aliphatic carbocycles. The van der Waals surface area contributed by atoms with Gasteiger partial charge in [-0.05, 0) is 40.8 Å². The molecule has 0 spiro atoms. The molecule has 0 radical (unpaired) electrons. The van der Waals surface area contributed by atoms with Crippen LogP contribution in [0.15, 0.2) is 60.7 Å². The van der Waals surface area contributed by atoms with Crippen LogP contribution in [0.2, 0.25) is 19.6 Å². The van der Waals surface area contributed by atoms with E-state index in [9.17, 15) is 17.7 Å². The normalized spacial score (nSPS) is 12.9. The van der Waals surface area contributed by atoms with Gasteiger partial charge >= 0.3 is 13.1 Å². The van der Waals surface area contributed by atoms with Gasteiger partial charge < -0.3 is 23.0 Å². The number of carbonyl (C=O) groups is 1. The second-order valence-corrected chi connectivity index (χ2v) is 14.9. The van der Waals surface area contributed by atoms with Crippen molar-refractivity contribution in [3.8, 4) is 22.6 Å². The molecule has 0 aliphatic heterocycles. The van der Waals surface area contributed by atoms with E-state index < -0.39 is 26.6 Å². The molecule has 0 atom stereocenters. The maximum Gasteiger partial charge on any atom is 0.509 e. The highest BCUT2D eigenvalue weighted by atomic mass is 28.3. The first-order valence-electron chi connectivity index (χ1n) is 11.9. The zero-order chi connectivity index (χ0) is 26.1. The van der Waals surface area contributed by atoms with Crippen molar-refractivity contribution in [3.63, 3.8) is 0 Å². The Labute approximate surface area is 211 Å². The number of fused-ring (bicyclic) bond motifs is 3. The number of alkyl carbamates (subject to hydrolysis) is 1. The number of nitrogens with one attached hydrogen (secondary N) is 1. The second-order valence-electron chi connectivity index (χ2n) is 10.1. The highest BCUT2D eigenvalue weighted by Crippen LogP contribution is 2.44. The van der Waals surface area contributed by atoms with Crippen LogP contribution in [0, 0.1) is 18.4 Å². The molecule has 0 saturated heterocycles. The van der Waals surface area contributed by atoms with Crippen LogP contribution in [0.4, 0.5) is 17.7 Å². The summed E-state index contributed by atoms with van der Waals surface area (Å²) < 4.78 is 46.7. The molecule has 3 aromatic carbocycles. The molecule has 0 heterocycles. The highest BCUT2D eigenvalue weighted by molar-refractivity contribution is 6.83. The summed E-state index contributed by atoms with van der Waals surface area (Å²) >= 11 is 0. The first-order chi connectivity index (χ1) is 16.9. The molecule has 4 rings (SSSR count). The van der Waals surface area contributed by atoms with Crippen LogP contribution in [-0.2, 0) is 11.3 Å². The van der Waals surface area contributed by atoms with Crippen molar-refractivity contribution in [1.29, 1.82) is 0 Å². The van der Waals surface area contributed by atoms with E-state index in [2.05, 4.69) is 16.8 Å². The average Bonchev–Trinajstić information content (AvgIpc) is 3.13. The summed E-state index contributed by atoms with van der Waals surface area (Å²) in [4.78, 5) is 12.5. The Hall–Kier alpha value is -3.44. The van der Waals surface area contributed by atoms with Crippen molar-refractivity contribution in [2.45, 2.75) is 39.0 Å². The van der Waals surface area contributed by atoms with Crippen molar-refractivity contribution >= 4 is 26.6 Å². The van der Waals surface area contributed by atoms with E-state index in [1.807, 2.05) is 68.2 Å². The Kier molecular flexibility index (Phi) is 7.06. The quantitative estimate of drug-likeness (QED) is 0.325. The molecule has 8 heteroatoms. The minimum atomic E-state index is -5.22. The molecule has 0 fully saturated rings. The van der Waals surface area contributed by atoms with Crippen molar-refractivity contribution in [1.82, 2.24) is 5.32 Å². The zero-order valence-electron chi connectivity index (χ0n) is 20.8. The van der Waals surface area contributed by atoms with Crippen LogP contribution in [0.5, 0.6) is 0 Å². The van der Waals surface area contributed by atoms with Gasteiger partial charge in [0.15, 0.2) is 0 Å². The number of halogens is 3. The highest BCUT2D eigenvalue weighted by Gasteiger charge is 2.30.